The van der Waals surface area contributed by atoms with E-state index >= 15 is 0 Å². The van der Waals surface area contributed by atoms with Crippen molar-refractivity contribution in [2.24, 2.45) is 0 Å². The monoisotopic (exact) mass is 222 g/mol. The zero-order chi connectivity index (χ0) is 11.5. The summed E-state index contributed by atoms with van der Waals surface area (Å²) < 4.78 is 5.55. The highest BCUT2D eigenvalue weighted by Crippen LogP contribution is 2.22. The van der Waals surface area contributed by atoms with Crippen molar-refractivity contribution in [3.8, 4) is 5.75 Å². The molecule has 1 aromatic carbocycles. The summed E-state index contributed by atoms with van der Waals surface area (Å²) in [6.07, 6.45) is 0. The van der Waals surface area contributed by atoms with Crippen LogP contribution in [0.4, 0.5) is 0 Å². The van der Waals surface area contributed by atoms with Gasteiger partial charge in [0.1, 0.15) is 18.8 Å². The Balaban J connectivity index is 2.29. The molecule has 0 aromatic heterocycles. The molecule has 0 radical (unpaired) electrons. The number of quaternary nitrogens is 2. The highest BCUT2D eigenvalue weighted by Gasteiger charge is 2.27. The molecule has 1 atom stereocenters. The maximum absolute atomic E-state index is 5.55. The number of likely N-dealkylation sites (N-methyl/N-ethyl adjacent to an activating group) is 1. The van der Waals surface area contributed by atoms with Crippen molar-refractivity contribution < 1.29 is 15.0 Å². The van der Waals surface area contributed by atoms with Crippen LogP contribution in [0.25, 0.3) is 0 Å². The lowest BCUT2D eigenvalue weighted by Gasteiger charge is -2.26. The lowest BCUT2D eigenvalue weighted by Crippen LogP contribution is -3.10. The van der Waals surface area contributed by atoms with Crippen LogP contribution in [0.1, 0.15) is 24.1 Å². The van der Waals surface area contributed by atoms with E-state index in [2.05, 4.69) is 37.6 Å². The van der Waals surface area contributed by atoms with E-state index in [1.165, 1.54) is 22.6 Å². The Morgan fingerprint density at radius 2 is 2.25 bits per heavy atom. The van der Waals surface area contributed by atoms with Gasteiger partial charge in [-0.25, -0.2) is 0 Å². The predicted molar refractivity (Wildman–Crippen MR) is 63.7 cm³/mol. The van der Waals surface area contributed by atoms with Crippen molar-refractivity contribution in [3.05, 3.63) is 29.3 Å². The molecule has 0 saturated heterocycles. The number of ether oxygens (including phenoxy) is 1. The molecule has 3 N–H and O–H groups in total. The zero-order valence-corrected chi connectivity index (χ0v) is 10.4. The second-order valence-corrected chi connectivity index (χ2v) is 4.65. The van der Waals surface area contributed by atoms with Crippen molar-refractivity contribution in [2.45, 2.75) is 19.5 Å². The summed E-state index contributed by atoms with van der Waals surface area (Å²) >= 11 is 0. The molecule has 0 amide bonds. The molecule has 0 fully saturated rings. The zero-order valence-electron chi connectivity index (χ0n) is 10.4. The van der Waals surface area contributed by atoms with Crippen molar-refractivity contribution in [2.75, 3.05) is 27.2 Å². The smallest absolute Gasteiger partial charge is 0.163 e. The molecule has 1 heterocycles. The summed E-state index contributed by atoms with van der Waals surface area (Å²) in [6.45, 7) is 5.03. The summed E-state index contributed by atoms with van der Waals surface area (Å²) in [5.74, 6) is 1.00. The average molecular weight is 222 g/mol. The van der Waals surface area contributed by atoms with Crippen LogP contribution < -0.4 is 15.0 Å². The van der Waals surface area contributed by atoms with Gasteiger partial charge in [0.15, 0.2) is 6.04 Å². The summed E-state index contributed by atoms with van der Waals surface area (Å²) in [5.41, 5.74) is 2.93. The van der Waals surface area contributed by atoms with Gasteiger partial charge in [0.2, 0.25) is 0 Å². The fraction of sp³-hybridized carbons (Fsp3) is 0.538. The Kier molecular flexibility index (Phi) is 3.46. The van der Waals surface area contributed by atoms with E-state index < -0.39 is 0 Å². The molecule has 88 valence electrons. The normalized spacial score (nSPS) is 19.6. The van der Waals surface area contributed by atoms with Gasteiger partial charge in [-0.3, -0.25) is 0 Å². The minimum absolute atomic E-state index is 0.611. The number of nitrogens with one attached hydrogen (secondary N) is 1. The van der Waals surface area contributed by atoms with Crippen LogP contribution in [0, 0.1) is 0 Å². The fourth-order valence-electron chi connectivity index (χ4n) is 2.43. The van der Waals surface area contributed by atoms with Crippen LogP contribution in [0.15, 0.2) is 18.2 Å². The second kappa shape index (κ2) is 4.85. The lowest BCUT2D eigenvalue weighted by atomic mass is 9.96. The molecule has 3 nitrogen and oxygen atoms in total. The molecule has 1 aliphatic rings. The molecule has 1 aromatic rings. The molecule has 0 aliphatic carbocycles. The van der Waals surface area contributed by atoms with Crippen LogP contribution in [-0.4, -0.2) is 27.2 Å². The number of nitrogens with two attached hydrogens (primary N) is 1. The molecule has 2 rings (SSSR count). The molecule has 3 heteroatoms. The Bertz CT molecular complexity index is 363. The van der Waals surface area contributed by atoms with E-state index in [0.717, 1.165) is 18.9 Å². The standard InChI is InChI=1S/C13H20N2O/c1-4-16-11-5-6-12-10(7-11)8-14-9-13(12)15(2)3/h5-7,13-14H,4,8-9H2,1-3H3/p+2/t13-/m1/s1. The second-order valence-electron chi connectivity index (χ2n) is 4.65. The van der Waals surface area contributed by atoms with Gasteiger partial charge in [0.25, 0.3) is 0 Å². The van der Waals surface area contributed by atoms with Gasteiger partial charge in [-0.1, -0.05) is 0 Å². The highest BCUT2D eigenvalue weighted by molar-refractivity contribution is 5.37. The van der Waals surface area contributed by atoms with Gasteiger partial charge < -0.3 is 15.0 Å². The van der Waals surface area contributed by atoms with Gasteiger partial charge in [0.05, 0.1) is 20.7 Å². The molecule has 1 aliphatic heterocycles. The van der Waals surface area contributed by atoms with Crippen LogP contribution in [0.3, 0.4) is 0 Å². The molecular weight excluding hydrogens is 200 g/mol. The largest absolute Gasteiger partial charge is 0.494 e. The van der Waals surface area contributed by atoms with E-state index in [1.54, 1.807) is 0 Å². The van der Waals surface area contributed by atoms with Gasteiger partial charge in [-0.2, -0.15) is 0 Å². The highest BCUT2D eigenvalue weighted by atomic mass is 16.5. The third-order valence-electron chi connectivity index (χ3n) is 3.26. The van der Waals surface area contributed by atoms with Crippen LogP contribution in [0.2, 0.25) is 0 Å². The molecule has 0 bridgehead atoms. The Morgan fingerprint density at radius 1 is 1.44 bits per heavy atom. The fourth-order valence-corrected chi connectivity index (χ4v) is 2.43. The maximum atomic E-state index is 5.55. The Hall–Kier alpha value is -1.06. The topological polar surface area (TPSA) is 30.3 Å². The molecule has 0 spiro atoms. The van der Waals surface area contributed by atoms with Crippen molar-refractivity contribution >= 4 is 0 Å². The quantitative estimate of drug-likeness (QED) is 0.699. The summed E-state index contributed by atoms with van der Waals surface area (Å²) in [7, 11) is 4.45. The summed E-state index contributed by atoms with van der Waals surface area (Å²) in [6, 6.07) is 7.15. The number of hydrogen-bond acceptors (Lipinski definition) is 1. The predicted octanol–water partition coefficient (Wildman–Crippen LogP) is -0.652. The van der Waals surface area contributed by atoms with Crippen molar-refractivity contribution in [1.29, 1.82) is 0 Å². The SMILES string of the molecule is CCOc1ccc2c(c1)C[NH2+]C[C@H]2[NH+](C)C. The lowest BCUT2D eigenvalue weighted by molar-refractivity contribution is -0.912. The first-order valence-corrected chi connectivity index (χ1v) is 6.09. The van der Waals surface area contributed by atoms with E-state index in [4.69, 9.17) is 4.74 Å². The van der Waals surface area contributed by atoms with E-state index in [-0.39, 0.29) is 0 Å². The number of fused-ring (bicyclic) bond motifs is 1. The van der Waals surface area contributed by atoms with E-state index in [1.807, 2.05) is 6.92 Å². The summed E-state index contributed by atoms with van der Waals surface area (Å²) in [5, 5.41) is 2.38. The maximum Gasteiger partial charge on any atom is 0.163 e. The van der Waals surface area contributed by atoms with Crippen molar-refractivity contribution in [1.82, 2.24) is 0 Å². The molecule has 0 unspecified atom stereocenters. The number of benzene rings is 1. The average Bonchev–Trinajstić information content (AvgIpc) is 2.28. The molecule has 0 saturated carbocycles. The first-order valence-electron chi connectivity index (χ1n) is 6.09. The Morgan fingerprint density at radius 3 is 2.94 bits per heavy atom. The third kappa shape index (κ3) is 2.20. The van der Waals surface area contributed by atoms with Crippen molar-refractivity contribution in [3.63, 3.8) is 0 Å². The van der Waals surface area contributed by atoms with E-state index in [0.29, 0.717) is 6.04 Å². The van der Waals surface area contributed by atoms with Gasteiger partial charge in [-0.15, -0.1) is 0 Å². The Labute approximate surface area is 97.4 Å². The number of hydrogen-bond donors (Lipinski definition) is 2. The molecular formula is C13H22N2O+2. The summed E-state index contributed by atoms with van der Waals surface area (Å²) in [4.78, 5) is 1.50. The number of rotatable bonds is 3. The minimum atomic E-state index is 0.611. The third-order valence-corrected chi connectivity index (χ3v) is 3.26. The van der Waals surface area contributed by atoms with E-state index in [9.17, 15) is 0 Å². The van der Waals surface area contributed by atoms with Gasteiger partial charge >= 0.3 is 0 Å². The first kappa shape index (κ1) is 11.4. The minimum Gasteiger partial charge on any atom is -0.494 e. The molecule has 16 heavy (non-hydrogen) atoms. The van der Waals surface area contributed by atoms with Gasteiger partial charge in [-0.05, 0) is 25.1 Å². The van der Waals surface area contributed by atoms with Crippen LogP contribution in [0.5, 0.6) is 5.75 Å². The van der Waals surface area contributed by atoms with Gasteiger partial charge in [0, 0.05) is 11.1 Å². The first-order chi connectivity index (χ1) is 7.72. The van der Waals surface area contributed by atoms with Crippen LogP contribution in [-0.2, 0) is 6.54 Å². The van der Waals surface area contributed by atoms with Crippen LogP contribution >= 0.6 is 0 Å².